The quantitative estimate of drug-likeness (QED) is 0.572. The van der Waals surface area contributed by atoms with E-state index in [1.54, 1.807) is 58.9 Å². The second-order valence-corrected chi connectivity index (χ2v) is 8.41. The van der Waals surface area contributed by atoms with E-state index in [0.29, 0.717) is 11.3 Å². The summed E-state index contributed by atoms with van der Waals surface area (Å²) in [6, 6.07) is 5.55. The lowest BCUT2D eigenvalue weighted by atomic mass is 10.1. The minimum atomic E-state index is -3.98. The van der Waals surface area contributed by atoms with Crippen LogP contribution in [0.1, 0.15) is 46.2 Å². The van der Waals surface area contributed by atoms with Gasteiger partial charge in [0.2, 0.25) is 0 Å². The molecule has 0 aliphatic rings. The van der Waals surface area contributed by atoms with Crippen molar-refractivity contribution in [2.75, 3.05) is 13.7 Å². The van der Waals surface area contributed by atoms with Gasteiger partial charge < -0.3 is 28.9 Å². The summed E-state index contributed by atoms with van der Waals surface area (Å²) >= 11 is 0. The number of hydrogen-bond acceptors (Lipinski definition) is 7. The summed E-state index contributed by atoms with van der Waals surface area (Å²) in [5, 5.41) is 13.4. The largest absolute Gasteiger partial charge is 0.497 e. The molecule has 2 N–H and O–H groups in total. The van der Waals surface area contributed by atoms with Crippen LogP contribution < -0.4 is 10.1 Å². The molecule has 0 aliphatic carbocycles. The Kier molecular flexibility index (Phi) is 9.26. The molecule has 154 valence electrons. The molecule has 0 aromatic heterocycles. The van der Waals surface area contributed by atoms with Crippen molar-refractivity contribution >= 4 is 13.7 Å². The van der Waals surface area contributed by atoms with Gasteiger partial charge in [-0.3, -0.25) is 4.57 Å². The number of hydrogen-bond donors (Lipinski definition) is 2. The zero-order chi connectivity index (χ0) is 20.6. The van der Waals surface area contributed by atoms with Gasteiger partial charge in [0.25, 0.3) is 0 Å². The number of nitrogens with one attached hydrogen (secondary N) is 1. The van der Waals surface area contributed by atoms with E-state index in [9.17, 15) is 14.5 Å². The Morgan fingerprint density at radius 1 is 1.11 bits per heavy atom. The minimum Gasteiger partial charge on any atom is -0.497 e. The summed E-state index contributed by atoms with van der Waals surface area (Å²) in [7, 11) is -2.46. The Bertz CT molecular complexity index is 619. The Morgan fingerprint density at radius 3 is 2.04 bits per heavy atom. The van der Waals surface area contributed by atoms with Crippen molar-refractivity contribution in [1.82, 2.24) is 5.32 Å². The van der Waals surface area contributed by atoms with Gasteiger partial charge >= 0.3 is 13.7 Å². The molecule has 2 atom stereocenters. The molecule has 27 heavy (non-hydrogen) atoms. The number of aliphatic hydroxyl groups is 1. The topological polar surface area (TPSA) is 103 Å². The van der Waals surface area contributed by atoms with Gasteiger partial charge in [-0.15, -0.1) is 0 Å². The first-order chi connectivity index (χ1) is 12.6. The molecule has 1 rings (SSSR count). The molecule has 0 spiro atoms. The molecule has 0 aliphatic heterocycles. The molecule has 0 bridgehead atoms. The SMILES string of the molecule is CCOC(=O)N[C@@H](c1ccc(OC)cc1)[C@@H](O)P(=O)(OC(C)C)OC(C)C. The van der Waals surface area contributed by atoms with E-state index >= 15 is 0 Å². The Balaban J connectivity index is 3.27. The second-order valence-electron chi connectivity index (χ2n) is 6.38. The molecule has 1 amide bonds. The molecule has 0 saturated heterocycles. The third-order valence-corrected chi connectivity index (χ3v) is 5.74. The van der Waals surface area contributed by atoms with E-state index in [2.05, 4.69) is 5.32 Å². The maximum absolute atomic E-state index is 13.3. The molecule has 8 nitrogen and oxygen atoms in total. The summed E-state index contributed by atoms with van der Waals surface area (Å²) in [5.41, 5.74) is 0.497. The molecule has 1 aromatic carbocycles. The molecular weight excluding hydrogens is 373 g/mol. The number of rotatable bonds is 10. The maximum atomic E-state index is 13.3. The van der Waals surface area contributed by atoms with Gasteiger partial charge in [-0.2, -0.15) is 0 Å². The zero-order valence-electron chi connectivity index (χ0n) is 16.7. The maximum Gasteiger partial charge on any atom is 0.407 e. The van der Waals surface area contributed by atoms with Crippen LogP contribution in [0, 0.1) is 0 Å². The molecule has 0 heterocycles. The molecular formula is C18H30NO7P. The smallest absolute Gasteiger partial charge is 0.407 e. The van der Waals surface area contributed by atoms with Gasteiger partial charge in [0.1, 0.15) is 5.75 Å². The lowest BCUT2D eigenvalue weighted by molar-refractivity contribution is 0.0832. The van der Waals surface area contributed by atoms with E-state index in [4.69, 9.17) is 18.5 Å². The molecule has 0 unspecified atom stereocenters. The number of alkyl carbamates (subject to hydrolysis) is 1. The highest BCUT2D eigenvalue weighted by Crippen LogP contribution is 2.57. The minimum absolute atomic E-state index is 0.153. The van der Waals surface area contributed by atoms with Crippen molar-refractivity contribution in [2.45, 2.75) is 58.7 Å². The third kappa shape index (κ3) is 7.14. The number of aliphatic hydroxyl groups excluding tert-OH is 1. The number of methoxy groups -OCH3 is 1. The van der Waals surface area contributed by atoms with Crippen LogP contribution in [0.4, 0.5) is 4.79 Å². The lowest BCUT2D eigenvalue weighted by Gasteiger charge is -2.32. The lowest BCUT2D eigenvalue weighted by Crippen LogP contribution is -2.38. The van der Waals surface area contributed by atoms with Gasteiger partial charge in [-0.25, -0.2) is 4.79 Å². The van der Waals surface area contributed by atoms with Crippen LogP contribution in [0.15, 0.2) is 24.3 Å². The predicted molar refractivity (Wildman–Crippen MR) is 102 cm³/mol. The number of ether oxygens (including phenoxy) is 2. The Morgan fingerprint density at radius 2 is 1.63 bits per heavy atom. The van der Waals surface area contributed by atoms with Gasteiger partial charge in [0.15, 0.2) is 5.85 Å². The highest BCUT2D eigenvalue weighted by molar-refractivity contribution is 7.54. The number of carbonyl (C=O) groups excluding carboxylic acids is 1. The summed E-state index contributed by atoms with van der Waals surface area (Å²) in [6.45, 7) is 8.55. The van der Waals surface area contributed by atoms with Crippen molar-refractivity contribution in [1.29, 1.82) is 0 Å². The average molecular weight is 403 g/mol. The van der Waals surface area contributed by atoms with Crippen LogP contribution in [0.2, 0.25) is 0 Å². The van der Waals surface area contributed by atoms with Gasteiger partial charge in [-0.05, 0) is 52.3 Å². The number of carbonyl (C=O) groups is 1. The van der Waals surface area contributed by atoms with E-state index in [-0.39, 0.29) is 6.61 Å². The average Bonchev–Trinajstić information content (AvgIpc) is 2.58. The van der Waals surface area contributed by atoms with E-state index in [1.807, 2.05) is 0 Å². The highest BCUT2D eigenvalue weighted by atomic mass is 31.2. The third-order valence-electron chi connectivity index (χ3n) is 3.36. The predicted octanol–water partition coefficient (Wildman–Crippen LogP) is 3.84. The van der Waals surface area contributed by atoms with Crippen LogP contribution in [0.3, 0.4) is 0 Å². The van der Waals surface area contributed by atoms with Crippen LogP contribution in [0.5, 0.6) is 5.75 Å². The molecule has 0 saturated carbocycles. The monoisotopic (exact) mass is 403 g/mol. The molecule has 0 fully saturated rings. The molecule has 1 aromatic rings. The summed E-state index contributed by atoms with van der Waals surface area (Å²) in [6.07, 6.45) is -1.66. The van der Waals surface area contributed by atoms with Crippen LogP contribution in [0.25, 0.3) is 0 Å². The Labute approximate surface area is 160 Å². The van der Waals surface area contributed by atoms with Crippen molar-refractivity contribution in [3.63, 3.8) is 0 Å². The van der Waals surface area contributed by atoms with E-state index < -0.39 is 37.8 Å². The van der Waals surface area contributed by atoms with Gasteiger partial charge in [-0.1, -0.05) is 12.1 Å². The fourth-order valence-electron chi connectivity index (χ4n) is 2.36. The van der Waals surface area contributed by atoms with Gasteiger partial charge in [0, 0.05) is 0 Å². The van der Waals surface area contributed by atoms with E-state index in [1.165, 1.54) is 7.11 Å². The normalized spacial score (nSPS) is 14.1. The molecule has 9 heteroatoms. The van der Waals surface area contributed by atoms with E-state index in [0.717, 1.165) is 0 Å². The second kappa shape index (κ2) is 10.7. The fourth-order valence-corrected chi connectivity index (χ4v) is 4.45. The van der Waals surface area contributed by atoms with Gasteiger partial charge in [0.05, 0.1) is 32.0 Å². The van der Waals surface area contributed by atoms with Crippen LogP contribution in [-0.2, 0) is 18.3 Å². The van der Waals surface area contributed by atoms with Crippen LogP contribution >= 0.6 is 7.60 Å². The summed E-state index contributed by atoms with van der Waals surface area (Å²) < 4.78 is 34.3. The first-order valence-corrected chi connectivity index (χ1v) is 10.5. The van der Waals surface area contributed by atoms with Crippen LogP contribution in [-0.4, -0.2) is 43.0 Å². The summed E-state index contributed by atoms with van der Waals surface area (Å²) in [4.78, 5) is 12.0. The zero-order valence-corrected chi connectivity index (χ0v) is 17.6. The first-order valence-electron chi connectivity index (χ1n) is 8.84. The highest BCUT2D eigenvalue weighted by Gasteiger charge is 2.43. The fraction of sp³-hybridized carbons (Fsp3) is 0.611. The Hall–Kier alpha value is -1.60. The van der Waals surface area contributed by atoms with Crippen molar-refractivity contribution in [2.24, 2.45) is 0 Å². The standard InChI is InChI=1S/C18H30NO7P/c1-7-24-18(21)19-16(14-8-10-15(23-6)11-9-14)17(20)27(22,25-12(2)3)26-13(4)5/h8-13,16-17,20H,7H2,1-6H3,(H,19,21)/t16-,17-/m0/s1. The van der Waals surface area contributed by atoms with Crippen molar-refractivity contribution < 1.29 is 33.0 Å². The number of benzene rings is 1. The molecule has 0 radical (unpaired) electrons. The first kappa shape index (κ1) is 23.4. The summed E-state index contributed by atoms with van der Waals surface area (Å²) in [5.74, 6) is -1.04. The number of amides is 1. The van der Waals surface area contributed by atoms with Crippen molar-refractivity contribution in [3.05, 3.63) is 29.8 Å². The van der Waals surface area contributed by atoms with Crippen molar-refractivity contribution in [3.8, 4) is 5.75 Å².